The van der Waals surface area contributed by atoms with E-state index < -0.39 is 0 Å². The summed E-state index contributed by atoms with van der Waals surface area (Å²) in [6.45, 7) is 17.0. The van der Waals surface area contributed by atoms with Crippen molar-refractivity contribution in [3.63, 3.8) is 0 Å². The van der Waals surface area contributed by atoms with Crippen LogP contribution in [0.25, 0.3) is 0 Å². The number of benzene rings is 1. The molecule has 0 atom stereocenters. The van der Waals surface area contributed by atoms with E-state index in [4.69, 9.17) is 0 Å². The second-order valence-corrected chi connectivity index (χ2v) is 8.06. The van der Waals surface area contributed by atoms with E-state index in [2.05, 4.69) is 65.5 Å². The van der Waals surface area contributed by atoms with Gasteiger partial charge in [-0.1, -0.05) is 12.1 Å². The topological polar surface area (TPSA) is 30.0 Å². The molecular formula is C21H34N4O. The number of amides is 1. The van der Waals surface area contributed by atoms with Crippen LogP contribution < -0.4 is 4.90 Å². The van der Waals surface area contributed by atoms with Gasteiger partial charge in [-0.05, 0) is 44.9 Å². The molecule has 2 heterocycles. The summed E-state index contributed by atoms with van der Waals surface area (Å²) in [6, 6.07) is 7.24. The fraction of sp³-hybridized carbons (Fsp3) is 0.667. The summed E-state index contributed by atoms with van der Waals surface area (Å²) < 4.78 is 0. The van der Waals surface area contributed by atoms with Gasteiger partial charge in [0.05, 0.1) is 6.54 Å². The minimum absolute atomic E-state index is 0.300. The van der Waals surface area contributed by atoms with Crippen LogP contribution >= 0.6 is 0 Å². The molecule has 0 unspecified atom stereocenters. The first kappa shape index (κ1) is 19.2. The minimum Gasteiger partial charge on any atom is -0.369 e. The zero-order valence-corrected chi connectivity index (χ0v) is 16.9. The van der Waals surface area contributed by atoms with Crippen LogP contribution in [0, 0.1) is 13.8 Å². The van der Waals surface area contributed by atoms with Gasteiger partial charge in [0.25, 0.3) is 0 Å². The SMILES string of the molecule is Cc1ccc(C)c(N2CCN(CC(=O)N3CCN(C(C)C)CC3)CC2)c1. The van der Waals surface area contributed by atoms with Crippen LogP contribution in [-0.2, 0) is 4.79 Å². The molecule has 2 saturated heterocycles. The van der Waals surface area contributed by atoms with Crippen LogP contribution in [0.2, 0.25) is 0 Å². The number of nitrogens with zero attached hydrogens (tertiary/aromatic N) is 4. The Morgan fingerprint density at radius 1 is 0.962 bits per heavy atom. The fourth-order valence-electron chi connectivity index (χ4n) is 3.99. The molecule has 5 nitrogen and oxygen atoms in total. The summed E-state index contributed by atoms with van der Waals surface area (Å²) in [5.41, 5.74) is 3.99. The highest BCUT2D eigenvalue weighted by Crippen LogP contribution is 2.22. The molecule has 0 saturated carbocycles. The lowest BCUT2D eigenvalue weighted by atomic mass is 10.1. The lowest BCUT2D eigenvalue weighted by Crippen LogP contribution is -2.54. The molecule has 0 N–H and O–H groups in total. The third-order valence-corrected chi connectivity index (χ3v) is 5.83. The second kappa shape index (κ2) is 8.40. The highest BCUT2D eigenvalue weighted by molar-refractivity contribution is 5.78. The Bertz CT molecular complexity index is 614. The molecule has 144 valence electrons. The number of piperazine rings is 2. The maximum atomic E-state index is 12.6. The highest BCUT2D eigenvalue weighted by atomic mass is 16.2. The van der Waals surface area contributed by atoms with Gasteiger partial charge >= 0.3 is 0 Å². The van der Waals surface area contributed by atoms with E-state index in [0.717, 1.165) is 52.4 Å². The molecule has 26 heavy (non-hydrogen) atoms. The Kier molecular flexibility index (Phi) is 6.20. The lowest BCUT2D eigenvalue weighted by Gasteiger charge is -2.39. The molecule has 0 aliphatic carbocycles. The van der Waals surface area contributed by atoms with E-state index in [9.17, 15) is 4.79 Å². The van der Waals surface area contributed by atoms with E-state index in [0.29, 0.717) is 18.5 Å². The summed E-state index contributed by atoms with van der Waals surface area (Å²) in [5, 5.41) is 0. The van der Waals surface area contributed by atoms with E-state index in [1.807, 2.05) is 0 Å². The van der Waals surface area contributed by atoms with Gasteiger partial charge in [-0.25, -0.2) is 0 Å². The quantitative estimate of drug-likeness (QED) is 0.823. The van der Waals surface area contributed by atoms with E-state index in [1.54, 1.807) is 0 Å². The van der Waals surface area contributed by atoms with Crippen LogP contribution in [0.5, 0.6) is 0 Å². The first-order valence-corrected chi connectivity index (χ1v) is 10.0. The molecule has 1 aromatic carbocycles. The summed E-state index contributed by atoms with van der Waals surface area (Å²) >= 11 is 0. The molecule has 2 aliphatic rings. The van der Waals surface area contributed by atoms with Crippen LogP contribution in [0.3, 0.4) is 0 Å². The van der Waals surface area contributed by atoms with Crippen molar-refractivity contribution >= 4 is 11.6 Å². The molecule has 2 aliphatic heterocycles. The molecule has 0 radical (unpaired) electrons. The Hall–Kier alpha value is -1.59. The first-order chi connectivity index (χ1) is 12.4. The predicted octanol–water partition coefficient (Wildman–Crippen LogP) is 1.98. The van der Waals surface area contributed by atoms with Gasteiger partial charge in [0.15, 0.2) is 0 Å². The molecule has 5 heteroatoms. The van der Waals surface area contributed by atoms with Crippen molar-refractivity contribution in [2.75, 3.05) is 63.8 Å². The zero-order valence-electron chi connectivity index (χ0n) is 16.9. The monoisotopic (exact) mass is 358 g/mol. The van der Waals surface area contributed by atoms with Crippen molar-refractivity contribution < 1.29 is 4.79 Å². The van der Waals surface area contributed by atoms with Crippen LogP contribution in [0.1, 0.15) is 25.0 Å². The number of hydrogen-bond acceptors (Lipinski definition) is 4. The highest BCUT2D eigenvalue weighted by Gasteiger charge is 2.25. The van der Waals surface area contributed by atoms with Gasteiger partial charge in [0.2, 0.25) is 5.91 Å². The molecule has 1 aromatic rings. The van der Waals surface area contributed by atoms with Crippen molar-refractivity contribution in [2.24, 2.45) is 0 Å². The predicted molar refractivity (Wildman–Crippen MR) is 108 cm³/mol. The third-order valence-electron chi connectivity index (χ3n) is 5.83. The van der Waals surface area contributed by atoms with E-state index in [-0.39, 0.29) is 0 Å². The lowest BCUT2D eigenvalue weighted by molar-refractivity contribution is -0.134. The number of aryl methyl sites for hydroxylation is 2. The number of anilines is 1. The maximum Gasteiger partial charge on any atom is 0.236 e. The first-order valence-electron chi connectivity index (χ1n) is 10.0. The van der Waals surface area contributed by atoms with Gasteiger partial charge in [-0.2, -0.15) is 0 Å². The fourth-order valence-corrected chi connectivity index (χ4v) is 3.99. The molecule has 0 bridgehead atoms. The Labute approximate surface area is 158 Å². The summed E-state index contributed by atoms with van der Waals surface area (Å²) in [5.74, 6) is 0.300. The van der Waals surface area contributed by atoms with Gasteiger partial charge in [-0.15, -0.1) is 0 Å². The third kappa shape index (κ3) is 4.57. The van der Waals surface area contributed by atoms with Gasteiger partial charge in [-0.3, -0.25) is 14.6 Å². The van der Waals surface area contributed by atoms with Crippen LogP contribution in [0.15, 0.2) is 18.2 Å². The molecule has 2 fully saturated rings. The molecule has 0 spiro atoms. The minimum atomic E-state index is 0.300. The Morgan fingerprint density at radius 3 is 2.23 bits per heavy atom. The molecule has 1 amide bonds. The standard InChI is InChI=1S/C21H34N4O/c1-17(2)23-11-13-25(14-12-23)21(26)16-22-7-9-24(10-8-22)20-15-18(3)5-6-19(20)4/h5-6,15,17H,7-14,16H2,1-4H3. The summed E-state index contributed by atoms with van der Waals surface area (Å²) in [7, 11) is 0. The molecule has 3 rings (SSSR count). The Morgan fingerprint density at radius 2 is 1.62 bits per heavy atom. The van der Waals surface area contributed by atoms with Gasteiger partial charge in [0, 0.05) is 64.1 Å². The summed E-state index contributed by atoms with van der Waals surface area (Å²) in [4.78, 5) is 21.9. The zero-order chi connectivity index (χ0) is 18.7. The van der Waals surface area contributed by atoms with Gasteiger partial charge < -0.3 is 9.80 Å². The second-order valence-electron chi connectivity index (χ2n) is 8.06. The average Bonchev–Trinajstić information content (AvgIpc) is 2.64. The maximum absolute atomic E-state index is 12.6. The van der Waals surface area contributed by atoms with Gasteiger partial charge in [0.1, 0.15) is 0 Å². The van der Waals surface area contributed by atoms with Crippen LogP contribution in [-0.4, -0.2) is 85.6 Å². The van der Waals surface area contributed by atoms with Crippen LogP contribution in [0.4, 0.5) is 5.69 Å². The number of carbonyl (C=O) groups excluding carboxylic acids is 1. The van der Waals surface area contributed by atoms with Crippen molar-refractivity contribution in [1.82, 2.24) is 14.7 Å². The average molecular weight is 359 g/mol. The smallest absolute Gasteiger partial charge is 0.236 e. The van der Waals surface area contributed by atoms with E-state index >= 15 is 0 Å². The number of hydrogen-bond donors (Lipinski definition) is 0. The van der Waals surface area contributed by atoms with Crippen molar-refractivity contribution in [3.05, 3.63) is 29.3 Å². The normalized spacial score (nSPS) is 20.0. The van der Waals surface area contributed by atoms with Crippen molar-refractivity contribution in [2.45, 2.75) is 33.7 Å². The van der Waals surface area contributed by atoms with Crippen molar-refractivity contribution in [3.8, 4) is 0 Å². The summed E-state index contributed by atoms with van der Waals surface area (Å²) in [6.07, 6.45) is 0. The largest absolute Gasteiger partial charge is 0.369 e. The van der Waals surface area contributed by atoms with Crippen molar-refractivity contribution in [1.29, 1.82) is 0 Å². The Balaban J connectivity index is 1.47. The number of rotatable bonds is 4. The molecular weight excluding hydrogens is 324 g/mol. The number of carbonyl (C=O) groups is 1. The van der Waals surface area contributed by atoms with E-state index in [1.165, 1.54) is 16.8 Å². The molecule has 0 aromatic heterocycles.